The van der Waals surface area contributed by atoms with Crippen molar-refractivity contribution >= 4 is 33.0 Å². The van der Waals surface area contributed by atoms with Crippen LogP contribution < -0.4 is 0 Å². The van der Waals surface area contributed by atoms with Gasteiger partial charge in [0, 0.05) is 36.8 Å². The molecule has 6 heteroatoms. The summed E-state index contributed by atoms with van der Waals surface area (Å²) in [6, 6.07) is 42.4. The number of fused-ring (bicyclic) bond motifs is 2. The Labute approximate surface area is 266 Å². The van der Waals surface area contributed by atoms with E-state index >= 15 is 0 Å². The number of benzene rings is 6. The van der Waals surface area contributed by atoms with Gasteiger partial charge in [0.1, 0.15) is 23.8 Å². The Balaban J connectivity index is 0.000000147. The summed E-state index contributed by atoms with van der Waals surface area (Å²) >= 11 is 0. The van der Waals surface area contributed by atoms with E-state index in [4.69, 9.17) is 9.68 Å². The van der Waals surface area contributed by atoms with Crippen LogP contribution in [0.5, 0.6) is 0 Å². The molecule has 0 fully saturated rings. The zero-order valence-electron chi connectivity index (χ0n) is 25.2. The fourth-order valence-electron chi connectivity index (χ4n) is 5.92. The van der Waals surface area contributed by atoms with Crippen LogP contribution in [-0.4, -0.2) is 23.6 Å². The second-order valence-corrected chi connectivity index (χ2v) is 11.7. The maximum absolute atomic E-state index is 13.0. The molecule has 0 spiro atoms. The summed E-state index contributed by atoms with van der Waals surface area (Å²) in [5, 5.41) is 13.3. The highest BCUT2D eigenvalue weighted by Crippen LogP contribution is 2.25. The van der Waals surface area contributed by atoms with E-state index in [9.17, 15) is 8.78 Å². The van der Waals surface area contributed by atoms with E-state index in [1.165, 1.54) is 45.8 Å². The van der Waals surface area contributed by atoms with Gasteiger partial charge < -0.3 is 9.68 Å². The second kappa shape index (κ2) is 13.3. The summed E-state index contributed by atoms with van der Waals surface area (Å²) in [7, 11) is 0. The van der Waals surface area contributed by atoms with Crippen LogP contribution in [0.4, 0.5) is 8.78 Å². The van der Waals surface area contributed by atoms with Crippen molar-refractivity contribution in [3.8, 4) is 0 Å². The largest absolute Gasteiger partial charge is 0.391 e. The molecule has 2 aliphatic rings. The summed E-state index contributed by atoms with van der Waals surface area (Å²) in [6.07, 6.45) is 3.05. The lowest BCUT2D eigenvalue weighted by Crippen LogP contribution is -2.11. The molecule has 2 heterocycles. The van der Waals surface area contributed by atoms with Crippen molar-refractivity contribution in [3.63, 3.8) is 0 Å². The lowest BCUT2D eigenvalue weighted by atomic mass is 9.98. The molecule has 0 aromatic heterocycles. The van der Waals surface area contributed by atoms with Gasteiger partial charge in [0.25, 0.3) is 0 Å². The fourth-order valence-corrected chi connectivity index (χ4v) is 5.92. The molecule has 6 aromatic rings. The first-order chi connectivity index (χ1) is 22.6. The standard InChI is InChI=1S/2C20H16FNO/c2*21-18-9-5-14(6-10-18)11-19-13-20(22-23-19)17-8-7-15-3-1-2-4-16(15)12-17/h2*1-10,12,19H,11,13H2/t2*19-/m10/s1. The van der Waals surface area contributed by atoms with E-state index in [0.717, 1.165) is 59.4 Å². The summed E-state index contributed by atoms with van der Waals surface area (Å²) in [6.45, 7) is 0. The number of nitrogens with zero attached hydrogens (tertiary/aromatic N) is 2. The van der Waals surface area contributed by atoms with Gasteiger partial charge in [0.2, 0.25) is 0 Å². The van der Waals surface area contributed by atoms with Gasteiger partial charge in [-0.15, -0.1) is 0 Å². The van der Waals surface area contributed by atoms with Crippen LogP contribution in [0.15, 0.2) is 144 Å². The first-order valence-electron chi connectivity index (χ1n) is 15.5. The second-order valence-electron chi connectivity index (χ2n) is 11.7. The Morgan fingerprint density at radius 2 is 0.870 bits per heavy atom. The predicted molar refractivity (Wildman–Crippen MR) is 180 cm³/mol. The normalized spacial score (nSPS) is 17.1. The molecule has 0 unspecified atom stereocenters. The maximum atomic E-state index is 13.0. The van der Waals surface area contributed by atoms with Gasteiger partial charge in [-0.2, -0.15) is 0 Å². The van der Waals surface area contributed by atoms with E-state index in [1.54, 1.807) is 24.3 Å². The first-order valence-corrected chi connectivity index (χ1v) is 15.5. The SMILES string of the molecule is Fc1ccc(C[C@@H]2CC(c3ccc4ccccc4c3)=NO2)cc1.Fc1ccc(C[C@H]2CC(c3ccc4ccccc4c3)=NO2)cc1. The van der Waals surface area contributed by atoms with Gasteiger partial charge in [-0.25, -0.2) is 8.78 Å². The smallest absolute Gasteiger partial charge is 0.137 e. The number of oxime groups is 2. The molecule has 0 saturated heterocycles. The van der Waals surface area contributed by atoms with Gasteiger partial charge in [-0.05, 0) is 69.1 Å². The molecular weight excluding hydrogens is 578 g/mol. The average Bonchev–Trinajstić information content (AvgIpc) is 3.77. The van der Waals surface area contributed by atoms with Crippen molar-refractivity contribution in [1.29, 1.82) is 0 Å². The molecule has 0 N–H and O–H groups in total. The number of halogens is 2. The van der Waals surface area contributed by atoms with Crippen LogP contribution in [0.25, 0.3) is 21.5 Å². The molecule has 0 radical (unpaired) electrons. The summed E-state index contributed by atoms with van der Waals surface area (Å²) < 4.78 is 25.9. The third-order valence-electron chi connectivity index (χ3n) is 8.38. The van der Waals surface area contributed by atoms with Crippen LogP contribution >= 0.6 is 0 Å². The van der Waals surface area contributed by atoms with Crippen molar-refractivity contribution in [2.24, 2.45) is 10.3 Å². The molecule has 6 aromatic carbocycles. The molecule has 0 bridgehead atoms. The van der Waals surface area contributed by atoms with E-state index < -0.39 is 0 Å². The van der Waals surface area contributed by atoms with Gasteiger partial charge in [-0.3, -0.25) is 0 Å². The minimum atomic E-state index is -0.214. The van der Waals surface area contributed by atoms with Crippen LogP contribution in [0.1, 0.15) is 35.1 Å². The molecule has 46 heavy (non-hydrogen) atoms. The number of hydrogen-bond donors (Lipinski definition) is 0. The molecule has 2 atom stereocenters. The fraction of sp³-hybridized carbons (Fsp3) is 0.150. The number of hydrogen-bond acceptors (Lipinski definition) is 4. The molecule has 0 aliphatic carbocycles. The maximum Gasteiger partial charge on any atom is 0.137 e. The van der Waals surface area contributed by atoms with E-state index in [-0.39, 0.29) is 23.8 Å². The zero-order valence-corrected chi connectivity index (χ0v) is 25.2. The molecule has 2 aliphatic heterocycles. The van der Waals surface area contributed by atoms with Crippen molar-refractivity contribution in [2.75, 3.05) is 0 Å². The number of rotatable bonds is 6. The molecule has 4 nitrogen and oxygen atoms in total. The average molecular weight is 611 g/mol. The van der Waals surface area contributed by atoms with Crippen LogP contribution in [-0.2, 0) is 22.5 Å². The highest BCUT2D eigenvalue weighted by atomic mass is 19.1. The topological polar surface area (TPSA) is 43.2 Å². The molecular formula is C40H32F2N2O2. The first kappa shape index (κ1) is 29.4. The van der Waals surface area contributed by atoms with E-state index in [0.29, 0.717) is 0 Å². The molecule has 0 amide bonds. The highest BCUT2D eigenvalue weighted by molar-refractivity contribution is 6.04. The van der Waals surface area contributed by atoms with Crippen molar-refractivity contribution in [2.45, 2.75) is 37.9 Å². The third-order valence-corrected chi connectivity index (χ3v) is 8.38. The minimum absolute atomic E-state index is 0.0157. The third kappa shape index (κ3) is 6.97. The summed E-state index contributed by atoms with van der Waals surface area (Å²) in [5.74, 6) is -0.427. The quantitative estimate of drug-likeness (QED) is 0.189. The highest BCUT2D eigenvalue weighted by Gasteiger charge is 2.24. The van der Waals surface area contributed by atoms with Crippen LogP contribution in [0, 0.1) is 11.6 Å². The Hall–Kier alpha value is -5.36. The Morgan fingerprint density at radius 3 is 1.28 bits per heavy atom. The summed E-state index contributed by atoms with van der Waals surface area (Å²) in [5.41, 5.74) is 6.28. The van der Waals surface area contributed by atoms with Gasteiger partial charge >= 0.3 is 0 Å². The molecule has 228 valence electrons. The lowest BCUT2D eigenvalue weighted by Gasteiger charge is -2.08. The van der Waals surface area contributed by atoms with Gasteiger partial charge in [0.15, 0.2) is 0 Å². The lowest BCUT2D eigenvalue weighted by molar-refractivity contribution is 0.0858. The monoisotopic (exact) mass is 610 g/mol. The molecule has 0 saturated carbocycles. The summed E-state index contributed by atoms with van der Waals surface area (Å²) in [4.78, 5) is 11.1. The van der Waals surface area contributed by atoms with Gasteiger partial charge in [0.05, 0.1) is 11.4 Å². The van der Waals surface area contributed by atoms with Crippen molar-refractivity contribution < 1.29 is 18.5 Å². The Morgan fingerprint density at radius 1 is 0.478 bits per heavy atom. The minimum Gasteiger partial charge on any atom is -0.391 e. The molecule has 8 rings (SSSR count). The Kier molecular flexibility index (Phi) is 8.51. The van der Waals surface area contributed by atoms with E-state index in [1.807, 2.05) is 24.3 Å². The zero-order chi connectivity index (χ0) is 31.3. The van der Waals surface area contributed by atoms with Crippen LogP contribution in [0.3, 0.4) is 0 Å². The van der Waals surface area contributed by atoms with E-state index in [2.05, 4.69) is 71.0 Å². The van der Waals surface area contributed by atoms with Crippen molar-refractivity contribution in [1.82, 2.24) is 0 Å². The van der Waals surface area contributed by atoms with Crippen LogP contribution in [0.2, 0.25) is 0 Å². The Bertz CT molecular complexity index is 1890. The predicted octanol–water partition coefficient (Wildman–Crippen LogP) is 9.43. The van der Waals surface area contributed by atoms with Crippen molar-refractivity contribution in [3.05, 3.63) is 167 Å². The van der Waals surface area contributed by atoms with Gasteiger partial charge in [-0.1, -0.05) is 107 Å².